The first-order valence-electron chi connectivity index (χ1n) is 10.9. The van der Waals surface area contributed by atoms with Gasteiger partial charge in [-0.3, -0.25) is 14.5 Å². The van der Waals surface area contributed by atoms with Crippen molar-refractivity contribution in [1.82, 2.24) is 14.7 Å². The third-order valence-electron chi connectivity index (χ3n) is 7.50. The number of amides is 2. The van der Waals surface area contributed by atoms with Crippen LogP contribution in [-0.4, -0.2) is 63.8 Å². The first-order chi connectivity index (χ1) is 14.4. The van der Waals surface area contributed by atoms with Gasteiger partial charge in [0.25, 0.3) is 0 Å². The maximum Gasteiger partial charge on any atom is 0.240 e. The van der Waals surface area contributed by atoms with Crippen molar-refractivity contribution in [3.05, 3.63) is 35.6 Å². The van der Waals surface area contributed by atoms with Crippen LogP contribution in [-0.2, 0) is 9.59 Å². The quantitative estimate of drug-likeness (QED) is 0.747. The van der Waals surface area contributed by atoms with Crippen molar-refractivity contribution >= 4 is 11.8 Å². The molecular formula is C23H27FN4O2. The second kappa shape index (κ2) is 7.05. The largest absolute Gasteiger partial charge is 0.330 e. The van der Waals surface area contributed by atoms with Gasteiger partial charge in [-0.25, -0.2) is 4.39 Å². The Balaban J connectivity index is 1.24. The molecule has 1 aromatic rings. The number of carbonyl (C=O) groups is 2. The summed E-state index contributed by atoms with van der Waals surface area (Å²) in [5.41, 5.74) is 0.807. The van der Waals surface area contributed by atoms with Gasteiger partial charge >= 0.3 is 0 Å². The summed E-state index contributed by atoms with van der Waals surface area (Å²) in [4.78, 5) is 32.0. The molecule has 0 spiro atoms. The Morgan fingerprint density at radius 3 is 2.80 bits per heavy atom. The van der Waals surface area contributed by atoms with Crippen molar-refractivity contribution in [2.75, 3.05) is 13.1 Å². The molecule has 3 heterocycles. The lowest BCUT2D eigenvalue weighted by Gasteiger charge is -2.38. The normalized spacial score (nSPS) is 34.1. The molecule has 3 aliphatic heterocycles. The Hall–Kier alpha value is -2.46. The summed E-state index contributed by atoms with van der Waals surface area (Å²) in [5.74, 6) is 0.0999. The highest BCUT2D eigenvalue weighted by Gasteiger charge is 2.55. The van der Waals surface area contributed by atoms with Crippen LogP contribution in [0.3, 0.4) is 0 Å². The number of nitrogens with zero attached hydrogens (tertiary/aromatic N) is 4. The number of rotatable bonds is 5. The summed E-state index contributed by atoms with van der Waals surface area (Å²) >= 11 is 0. The number of piperidine rings is 1. The molecule has 0 radical (unpaired) electrons. The maximum atomic E-state index is 13.6. The van der Waals surface area contributed by atoms with Gasteiger partial charge in [-0.2, -0.15) is 5.26 Å². The van der Waals surface area contributed by atoms with E-state index in [1.807, 2.05) is 29.7 Å². The Morgan fingerprint density at radius 1 is 1.30 bits per heavy atom. The number of piperazine rings is 1. The Bertz CT molecular complexity index is 930. The van der Waals surface area contributed by atoms with Crippen LogP contribution in [0.1, 0.15) is 44.7 Å². The smallest absolute Gasteiger partial charge is 0.240 e. The van der Waals surface area contributed by atoms with E-state index in [9.17, 15) is 19.2 Å². The van der Waals surface area contributed by atoms with E-state index in [0.717, 1.165) is 31.4 Å². The Morgan fingerprint density at radius 2 is 2.10 bits per heavy atom. The molecule has 6 nitrogen and oxygen atoms in total. The summed E-state index contributed by atoms with van der Waals surface area (Å²) in [7, 11) is 0. The molecule has 5 rings (SSSR count). The molecule has 0 N–H and O–H groups in total. The van der Waals surface area contributed by atoms with E-state index >= 15 is 0 Å². The molecule has 1 saturated carbocycles. The van der Waals surface area contributed by atoms with E-state index < -0.39 is 0 Å². The number of halogens is 1. The number of hydrogen-bond acceptors (Lipinski definition) is 4. The second-order valence-corrected chi connectivity index (χ2v) is 9.43. The van der Waals surface area contributed by atoms with Crippen molar-refractivity contribution in [3.8, 4) is 6.07 Å². The van der Waals surface area contributed by atoms with Crippen LogP contribution in [0.4, 0.5) is 4.39 Å². The van der Waals surface area contributed by atoms with E-state index in [4.69, 9.17) is 0 Å². The monoisotopic (exact) mass is 410 g/mol. The van der Waals surface area contributed by atoms with Gasteiger partial charge in [-0.15, -0.1) is 0 Å². The lowest BCUT2D eigenvalue weighted by atomic mass is 10.0. The number of fused-ring (bicyclic) bond motifs is 3. The zero-order valence-corrected chi connectivity index (χ0v) is 17.4. The predicted octanol–water partition coefficient (Wildman–Crippen LogP) is 2.32. The number of nitriles is 1. The average Bonchev–Trinajstić information content (AvgIpc) is 3.06. The van der Waals surface area contributed by atoms with Crippen LogP contribution in [0.5, 0.6) is 0 Å². The summed E-state index contributed by atoms with van der Waals surface area (Å²) < 4.78 is 13.6. The van der Waals surface area contributed by atoms with Crippen LogP contribution >= 0.6 is 0 Å². The van der Waals surface area contributed by atoms with Crippen LogP contribution in [0.15, 0.2) is 24.3 Å². The highest BCUT2D eigenvalue weighted by atomic mass is 19.1. The van der Waals surface area contributed by atoms with Gasteiger partial charge in [-0.05, 0) is 49.8 Å². The first-order valence-corrected chi connectivity index (χ1v) is 10.9. The summed E-state index contributed by atoms with van der Waals surface area (Å²) in [6.07, 6.45) is 2.59. The minimum atomic E-state index is -0.291. The van der Waals surface area contributed by atoms with Crippen LogP contribution in [0.25, 0.3) is 0 Å². The van der Waals surface area contributed by atoms with Gasteiger partial charge in [0.15, 0.2) is 0 Å². The van der Waals surface area contributed by atoms with Crippen molar-refractivity contribution in [1.29, 1.82) is 5.26 Å². The summed E-state index contributed by atoms with van der Waals surface area (Å²) in [6, 6.07) is 8.40. The van der Waals surface area contributed by atoms with E-state index in [0.29, 0.717) is 12.5 Å². The lowest BCUT2D eigenvalue weighted by Crippen LogP contribution is -2.53. The fraction of sp³-hybridized carbons (Fsp3) is 0.609. The molecule has 1 aliphatic carbocycles. The van der Waals surface area contributed by atoms with Gasteiger partial charge in [0.05, 0.1) is 18.2 Å². The van der Waals surface area contributed by atoms with E-state index in [1.54, 1.807) is 6.07 Å². The topological polar surface area (TPSA) is 67.7 Å². The van der Waals surface area contributed by atoms with Crippen LogP contribution in [0, 0.1) is 29.0 Å². The van der Waals surface area contributed by atoms with Crippen molar-refractivity contribution in [2.24, 2.45) is 11.8 Å². The second-order valence-electron chi connectivity index (χ2n) is 9.43. The third kappa shape index (κ3) is 3.01. The van der Waals surface area contributed by atoms with Gasteiger partial charge in [0.1, 0.15) is 11.9 Å². The molecule has 30 heavy (non-hydrogen) atoms. The summed E-state index contributed by atoms with van der Waals surface area (Å²) in [6.45, 7) is 5.14. The van der Waals surface area contributed by atoms with Gasteiger partial charge in [-0.1, -0.05) is 19.1 Å². The van der Waals surface area contributed by atoms with Gasteiger partial charge in [0, 0.05) is 31.1 Å². The zero-order chi connectivity index (χ0) is 21.2. The van der Waals surface area contributed by atoms with Crippen LogP contribution in [0.2, 0.25) is 0 Å². The predicted molar refractivity (Wildman–Crippen MR) is 107 cm³/mol. The van der Waals surface area contributed by atoms with E-state index in [-0.39, 0.29) is 53.8 Å². The molecule has 4 fully saturated rings. The number of hydrogen-bond donors (Lipinski definition) is 0. The maximum absolute atomic E-state index is 13.6. The SMILES string of the molecule is C[C@H](c1cccc(F)c1)N1C(=O)[C@H]2CC1CN2C[C@H](C)C(=O)N1C2C[C@H]2C[C@H]1C#N. The van der Waals surface area contributed by atoms with Crippen molar-refractivity contribution < 1.29 is 14.0 Å². The molecule has 4 aliphatic rings. The summed E-state index contributed by atoms with van der Waals surface area (Å²) in [5, 5.41) is 9.37. The van der Waals surface area contributed by atoms with E-state index in [1.165, 1.54) is 12.1 Å². The van der Waals surface area contributed by atoms with E-state index in [2.05, 4.69) is 11.0 Å². The minimum Gasteiger partial charge on any atom is -0.330 e. The highest BCUT2D eigenvalue weighted by Crippen LogP contribution is 2.48. The molecule has 2 amide bonds. The standard InChI is InChI=1S/C23H27FN4O2/c1-13(22(29)28-18(10-25)7-16-8-20(16)28)11-26-12-19-9-21(26)23(30)27(19)14(2)15-4-3-5-17(24)6-15/h3-6,13-14,16,18-21H,7-9,11-12H2,1-2H3/t13-,14+,16+,18-,19?,20?,21+/m0/s1. The fourth-order valence-electron chi connectivity index (χ4n) is 5.90. The third-order valence-corrected chi connectivity index (χ3v) is 7.50. The molecule has 158 valence electrons. The molecule has 7 heteroatoms. The fourth-order valence-corrected chi connectivity index (χ4v) is 5.90. The zero-order valence-electron chi connectivity index (χ0n) is 17.4. The molecule has 3 saturated heterocycles. The van der Waals surface area contributed by atoms with Crippen molar-refractivity contribution in [3.63, 3.8) is 0 Å². The molecule has 7 atom stereocenters. The van der Waals surface area contributed by atoms with Crippen molar-refractivity contribution in [2.45, 2.75) is 63.3 Å². The molecule has 0 aromatic heterocycles. The lowest BCUT2D eigenvalue weighted by molar-refractivity contribution is -0.142. The number of likely N-dealkylation sites (tertiary alicyclic amines) is 3. The molecule has 2 bridgehead atoms. The number of benzene rings is 1. The highest BCUT2D eigenvalue weighted by molar-refractivity contribution is 5.86. The minimum absolute atomic E-state index is 0.0479. The molecule has 1 aromatic carbocycles. The van der Waals surface area contributed by atoms with Gasteiger partial charge < -0.3 is 9.80 Å². The Kier molecular flexibility index (Phi) is 4.59. The molecule has 2 unspecified atom stereocenters. The Labute approximate surface area is 176 Å². The first kappa shape index (κ1) is 19.5. The molecular weight excluding hydrogens is 383 g/mol. The van der Waals surface area contributed by atoms with Crippen LogP contribution < -0.4 is 0 Å². The van der Waals surface area contributed by atoms with Gasteiger partial charge in [0.2, 0.25) is 11.8 Å². The number of carbonyl (C=O) groups excluding carboxylic acids is 2. The average molecular weight is 410 g/mol.